The minimum Gasteiger partial charge on any atom is -0.349 e. The molecular weight excluding hydrogens is 373 g/mol. The average Bonchev–Trinajstić information content (AvgIpc) is 2.57. The molecule has 24 heavy (non-hydrogen) atoms. The summed E-state index contributed by atoms with van der Waals surface area (Å²) in [5.41, 5.74) is 2.97. The van der Waals surface area contributed by atoms with Crippen LogP contribution in [0.15, 0.2) is 53.1 Å². The molecule has 0 aliphatic rings. The van der Waals surface area contributed by atoms with Crippen molar-refractivity contribution in [3.63, 3.8) is 0 Å². The second kappa shape index (κ2) is 7.35. The zero-order chi connectivity index (χ0) is 16.9. The minimum absolute atomic E-state index is 0.257. The zero-order valence-corrected chi connectivity index (χ0v) is 14.5. The summed E-state index contributed by atoms with van der Waals surface area (Å²) in [5.74, 6) is 0.740. The van der Waals surface area contributed by atoms with Crippen LogP contribution >= 0.6 is 15.9 Å². The largest absolute Gasteiger partial charge is 0.349 e. The second-order valence-electron chi connectivity index (χ2n) is 5.23. The van der Waals surface area contributed by atoms with E-state index < -0.39 is 0 Å². The summed E-state index contributed by atoms with van der Waals surface area (Å²) in [6.45, 7) is 2.50. The number of benzene rings is 2. The second-order valence-corrected chi connectivity index (χ2v) is 6.15. The van der Waals surface area contributed by atoms with Gasteiger partial charge in [-0.15, -0.1) is 5.10 Å². The van der Waals surface area contributed by atoms with Crippen LogP contribution in [0.1, 0.15) is 11.1 Å². The van der Waals surface area contributed by atoms with Gasteiger partial charge in [-0.25, -0.2) is 4.39 Å². The van der Waals surface area contributed by atoms with E-state index in [1.54, 1.807) is 18.3 Å². The molecule has 3 aromatic rings. The Bertz CT molecular complexity index is 839. The van der Waals surface area contributed by atoms with E-state index >= 15 is 0 Å². The van der Waals surface area contributed by atoms with Gasteiger partial charge in [-0.2, -0.15) is 10.1 Å². The first kappa shape index (κ1) is 16.3. The molecule has 0 amide bonds. The Morgan fingerprint density at radius 2 is 1.92 bits per heavy atom. The smallest absolute Gasteiger partial charge is 0.244 e. The third-order valence-corrected chi connectivity index (χ3v) is 3.87. The van der Waals surface area contributed by atoms with E-state index in [2.05, 4.69) is 41.7 Å². The van der Waals surface area contributed by atoms with E-state index in [4.69, 9.17) is 0 Å². The Labute approximate surface area is 147 Å². The molecule has 0 spiro atoms. The van der Waals surface area contributed by atoms with Crippen molar-refractivity contribution >= 4 is 33.4 Å². The highest BCUT2D eigenvalue weighted by atomic mass is 79.9. The Kier molecular flexibility index (Phi) is 5.00. The molecule has 0 saturated carbocycles. The molecule has 0 aliphatic heterocycles. The number of nitrogens with one attached hydrogen (secondary N) is 2. The summed E-state index contributed by atoms with van der Waals surface area (Å²) >= 11 is 3.44. The number of nitrogens with zero attached hydrogens (tertiary/aromatic N) is 3. The van der Waals surface area contributed by atoms with Gasteiger partial charge < -0.3 is 10.6 Å². The molecule has 0 fully saturated rings. The van der Waals surface area contributed by atoms with Gasteiger partial charge in [-0.1, -0.05) is 28.1 Å². The molecule has 5 nitrogen and oxygen atoms in total. The first-order chi connectivity index (χ1) is 11.6. The molecule has 0 radical (unpaired) electrons. The van der Waals surface area contributed by atoms with Gasteiger partial charge in [0.1, 0.15) is 5.82 Å². The van der Waals surface area contributed by atoms with Gasteiger partial charge in [0.2, 0.25) is 5.95 Å². The van der Waals surface area contributed by atoms with E-state index in [1.165, 1.54) is 12.1 Å². The van der Waals surface area contributed by atoms with Crippen LogP contribution in [0.3, 0.4) is 0 Å². The minimum atomic E-state index is -0.257. The molecule has 0 saturated heterocycles. The first-order valence-electron chi connectivity index (χ1n) is 7.31. The number of anilines is 3. The van der Waals surface area contributed by atoms with E-state index in [0.29, 0.717) is 18.3 Å². The molecule has 0 atom stereocenters. The monoisotopic (exact) mass is 387 g/mol. The van der Waals surface area contributed by atoms with Crippen molar-refractivity contribution in [3.8, 4) is 0 Å². The maximum atomic E-state index is 12.9. The Morgan fingerprint density at radius 3 is 2.67 bits per heavy atom. The lowest BCUT2D eigenvalue weighted by Gasteiger charge is -2.10. The topological polar surface area (TPSA) is 62.7 Å². The molecule has 0 aliphatic carbocycles. The fourth-order valence-corrected chi connectivity index (χ4v) is 2.60. The lowest BCUT2D eigenvalue weighted by atomic mass is 10.2. The van der Waals surface area contributed by atoms with Crippen molar-refractivity contribution in [2.75, 3.05) is 10.6 Å². The summed E-state index contributed by atoms with van der Waals surface area (Å²) in [7, 11) is 0. The Hall–Kier alpha value is -2.54. The van der Waals surface area contributed by atoms with Crippen molar-refractivity contribution in [1.29, 1.82) is 0 Å². The molecule has 7 heteroatoms. The predicted molar refractivity (Wildman–Crippen MR) is 95.7 cm³/mol. The highest BCUT2D eigenvalue weighted by Gasteiger charge is 2.04. The molecule has 3 rings (SSSR count). The van der Waals surface area contributed by atoms with Crippen LogP contribution in [0.2, 0.25) is 0 Å². The highest BCUT2D eigenvalue weighted by Crippen LogP contribution is 2.22. The molecule has 2 N–H and O–H groups in total. The summed E-state index contributed by atoms with van der Waals surface area (Å²) in [6.07, 6.45) is 1.56. The van der Waals surface area contributed by atoms with E-state index in [-0.39, 0.29) is 5.82 Å². The van der Waals surface area contributed by atoms with Crippen molar-refractivity contribution in [2.45, 2.75) is 13.5 Å². The molecule has 0 unspecified atom stereocenters. The van der Waals surface area contributed by atoms with Crippen LogP contribution in [0.25, 0.3) is 0 Å². The van der Waals surface area contributed by atoms with Crippen molar-refractivity contribution in [1.82, 2.24) is 15.2 Å². The zero-order valence-electron chi connectivity index (χ0n) is 12.9. The number of aromatic nitrogens is 3. The lowest BCUT2D eigenvalue weighted by Crippen LogP contribution is -2.06. The van der Waals surface area contributed by atoms with Crippen LogP contribution in [0.4, 0.5) is 21.8 Å². The third kappa shape index (κ3) is 4.26. The average molecular weight is 388 g/mol. The van der Waals surface area contributed by atoms with Crippen LogP contribution in [-0.2, 0) is 6.54 Å². The van der Waals surface area contributed by atoms with Crippen molar-refractivity contribution in [3.05, 3.63) is 70.1 Å². The van der Waals surface area contributed by atoms with Crippen LogP contribution in [0, 0.1) is 12.7 Å². The normalized spacial score (nSPS) is 10.5. The quantitative estimate of drug-likeness (QED) is 0.677. The van der Waals surface area contributed by atoms with Crippen molar-refractivity contribution in [2.24, 2.45) is 0 Å². The number of aryl methyl sites for hydroxylation is 1. The van der Waals surface area contributed by atoms with Gasteiger partial charge >= 0.3 is 0 Å². The predicted octanol–water partition coefficient (Wildman–Crippen LogP) is 4.44. The van der Waals surface area contributed by atoms with Gasteiger partial charge in [-0.3, -0.25) is 0 Å². The standard InChI is InChI=1S/C17H15BrFN5/c1-11-8-13(18)4-7-15(11)22-16-10-21-24-17(23-16)20-9-12-2-5-14(19)6-3-12/h2-8,10H,9H2,1H3,(H2,20,22,23,24). The van der Waals surface area contributed by atoms with Crippen molar-refractivity contribution < 1.29 is 4.39 Å². The fraction of sp³-hybridized carbons (Fsp3) is 0.118. The third-order valence-electron chi connectivity index (χ3n) is 3.37. The summed E-state index contributed by atoms with van der Waals surface area (Å²) < 4.78 is 13.9. The van der Waals surface area contributed by atoms with Crippen LogP contribution in [0.5, 0.6) is 0 Å². The fourth-order valence-electron chi connectivity index (χ4n) is 2.13. The van der Waals surface area contributed by atoms with E-state index in [0.717, 1.165) is 21.3 Å². The van der Waals surface area contributed by atoms with Gasteiger partial charge in [0.05, 0.1) is 6.20 Å². The maximum Gasteiger partial charge on any atom is 0.244 e. The summed E-state index contributed by atoms with van der Waals surface area (Å²) in [6, 6.07) is 12.2. The Balaban J connectivity index is 1.68. The van der Waals surface area contributed by atoms with Gasteiger partial charge in [-0.05, 0) is 48.4 Å². The Morgan fingerprint density at radius 1 is 1.12 bits per heavy atom. The lowest BCUT2D eigenvalue weighted by molar-refractivity contribution is 0.627. The first-order valence-corrected chi connectivity index (χ1v) is 8.11. The molecule has 0 bridgehead atoms. The highest BCUT2D eigenvalue weighted by molar-refractivity contribution is 9.10. The van der Waals surface area contributed by atoms with Gasteiger partial charge in [0, 0.05) is 16.7 Å². The maximum absolute atomic E-state index is 12.9. The SMILES string of the molecule is Cc1cc(Br)ccc1Nc1cnnc(NCc2ccc(F)cc2)n1. The number of hydrogen-bond donors (Lipinski definition) is 2. The number of hydrogen-bond acceptors (Lipinski definition) is 5. The molecule has 2 aromatic carbocycles. The van der Waals surface area contributed by atoms with Gasteiger partial charge in [0.15, 0.2) is 5.82 Å². The number of rotatable bonds is 5. The molecule has 1 heterocycles. The van der Waals surface area contributed by atoms with Crippen LogP contribution < -0.4 is 10.6 Å². The van der Waals surface area contributed by atoms with E-state index in [1.807, 2.05) is 25.1 Å². The van der Waals surface area contributed by atoms with Gasteiger partial charge in [0.25, 0.3) is 0 Å². The summed E-state index contributed by atoms with van der Waals surface area (Å²) in [4.78, 5) is 4.38. The van der Waals surface area contributed by atoms with Crippen LogP contribution in [-0.4, -0.2) is 15.2 Å². The molecule has 122 valence electrons. The molecular formula is C17H15BrFN5. The molecule has 1 aromatic heterocycles. The summed E-state index contributed by atoms with van der Waals surface area (Å²) in [5, 5.41) is 14.2. The number of halogens is 2. The van der Waals surface area contributed by atoms with E-state index in [9.17, 15) is 4.39 Å².